The average Bonchev–Trinajstić information content (AvgIpc) is 3.07. The van der Waals surface area contributed by atoms with Gasteiger partial charge in [-0.2, -0.15) is 13.2 Å². The van der Waals surface area contributed by atoms with Gasteiger partial charge < -0.3 is 11.1 Å². The number of aromatic nitrogens is 3. The lowest BCUT2D eigenvalue weighted by Gasteiger charge is -2.13. The van der Waals surface area contributed by atoms with E-state index in [1.165, 1.54) is 4.68 Å². The maximum absolute atomic E-state index is 13.2. The number of nitrogens with zero attached hydrogens (tertiary/aromatic N) is 3. The van der Waals surface area contributed by atoms with Gasteiger partial charge >= 0.3 is 6.18 Å². The van der Waals surface area contributed by atoms with E-state index in [4.69, 9.17) is 17.3 Å². The van der Waals surface area contributed by atoms with Crippen molar-refractivity contribution in [3.05, 3.63) is 64.4 Å². The molecule has 0 saturated heterocycles. The van der Waals surface area contributed by atoms with Crippen LogP contribution in [0.15, 0.2) is 47.6 Å². The van der Waals surface area contributed by atoms with Gasteiger partial charge in [0.25, 0.3) is 0 Å². The number of anilines is 1. The number of hydrogen-bond acceptors (Lipinski definition) is 5. The average molecular weight is 456 g/mol. The van der Waals surface area contributed by atoms with Gasteiger partial charge in [-0.1, -0.05) is 35.5 Å². The number of halogens is 4. The zero-order valence-electron chi connectivity index (χ0n) is 15.7. The van der Waals surface area contributed by atoms with Crippen LogP contribution in [0.1, 0.15) is 17.0 Å². The van der Waals surface area contributed by atoms with Crippen molar-refractivity contribution in [2.24, 2.45) is 5.73 Å². The molecular formula is C19H17ClF3N5OS. The van der Waals surface area contributed by atoms with E-state index in [-0.39, 0.29) is 28.2 Å². The third-order valence-electron chi connectivity index (χ3n) is 3.97. The Morgan fingerprint density at radius 2 is 2.03 bits per heavy atom. The van der Waals surface area contributed by atoms with Gasteiger partial charge in [0.15, 0.2) is 5.82 Å². The molecule has 30 heavy (non-hydrogen) atoms. The Labute approximate surface area is 179 Å². The van der Waals surface area contributed by atoms with Gasteiger partial charge in [-0.05, 0) is 42.8 Å². The van der Waals surface area contributed by atoms with Gasteiger partial charge in [-0.3, -0.25) is 4.79 Å². The smallest absolute Gasteiger partial charge is 0.378 e. The summed E-state index contributed by atoms with van der Waals surface area (Å²) in [6.45, 7) is 2.11. The SMILES string of the molecule is Cc1cccc(NCc2nc(SCC(N)=O)nn2-c2cc(C(F)(F)F)ccc2Cl)c1. The van der Waals surface area contributed by atoms with Crippen LogP contribution in [-0.2, 0) is 17.5 Å². The van der Waals surface area contributed by atoms with Crippen LogP contribution < -0.4 is 11.1 Å². The van der Waals surface area contributed by atoms with Crippen LogP contribution in [0.2, 0.25) is 5.02 Å². The number of amides is 1. The van der Waals surface area contributed by atoms with Crippen LogP contribution in [0, 0.1) is 6.92 Å². The Morgan fingerprint density at radius 1 is 1.27 bits per heavy atom. The van der Waals surface area contributed by atoms with Crippen molar-refractivity contribution >= 4 is 35.0 Å². The van der Waals surface area contributed by atoms with Gasteiger partial charge in [0.2, 0.25) is 11.1 Å². The summed E-state index contributed by atoms with van der Waals surface area (Å²) in [5.41, 5.74) is 6.18. The van der Waals surface area contributed by atoms with Gasteiger partial charge in [0.05, 0.1) is 28.6 Å². The normalized spacial score (nSPS) is 11.5. The molecule has 0 aliphatic heterocycles. The Hall–Kier alpha value is -2.72. The minimum atomic E-state index is -4.54. The van der Waals surface area contributed by atoms with E-state index in [9.17, 15) is 18.0 Å². The largest absolute Gasteiger partial charge is 0.416 e. The lowest BCUT2D eigenvalue weighted by molar-refractivity contribution is -0.137. The molecule has 0 radical (unpaired) electrons. The summed E-state index contributed by atoms with van der Waals surface area (Å²) in [6, 6.07) is 10.6. The molecule has 3 N–H and O–H groups in total. The minimum absolute atomic E-state index is 0.0333. The topological polar surface area (TPSA) is 85.8 Å². The van der Waals surface area contributed by atoms with Crippen molar-refractivity contribution in [1.82, 2.24) is 14.8 Å². The molecule has 0 aliphatic carbocycles. The first-order valence-electron chi connectivity index (χ1n) is 8.68. The van der Waals surface area contributed by atoms with E-state index < -0.39 is 17.6 Å². The predicted molar refractivity (Wildman–Crippen MR) is 110 cm³/mol. The second-order valence-corrected chi connectivity index (χ2v) is 7.71. The summed E-state index contributed by atoms with van der Waals surface area (Å²) >= 11 is 7.16. The zero-order valence-corrected chi connectivity index (χ0v) is 17.3. The number of rotatable bonds is 7. The van der Waals surface area contributed by atoms with E-state index in [1.807, 2.05) is 31.2 Å². The highest BCUT2D eigenvalue weighted by molar-refractivity contribution is 7.99. The minimum Gasteiger partial charge on any atom is -0.378 e. The highest BCUT2D eigenvalue weighted by Crippen LogP contribution is 2.33. The molecule has 0 aliphatic rings. The number of alkyl halides is 3. The number of aryl methyl sites for hydroxylation is 1. The molecule has 0 saturated carbocycles. The van der Waals surface area contributed by atoms with E-state index in [1.54, 1.807) is 0 Å². The molecule has 0 unspecified atom stereocenters. The van der Waals surface area contributed by atoms with Crippen molar-refractivity contribution in [3.63, 3.8) is 0 Å². The Morgan fingerprint density at radius 3 is 2.70 bits per heavy atom. The number of nitrogens with one attached hydrogen (secondary N) is 1. The molecule has 3 aromatic rings. The Bertz CT molecular complexity index is 1070. The molecule has 2 aromatic carbocycles. The van der Waals surface area contributed by atoms with Crippen molar-refractivity contribution in [2.75, 3.05) is 11.1 Å². The first-order valence-corrected chi connectivity index (χ1v) is 10.0. The highest BCUT2D eigenvalue weighted by Gasteiger charge is 2.31. The molecule has 1 amide bonds. The summed E-state index contributed by atoms with van der Waals surface area (Å²) in [5, 5.41) is 7.68. The van der Waals surface area contributed by atoms with Crippen molar-refractivity contribution in [2.45, 2.75) is 24.8 Å². The summed E-state index contributed by atoms with van der Waals surface area (Å²) in [5.74, 6) is -0.303. The standard InChI is InChI=1S/C19H17ClF3N5OS/c1-11-3-2-4-13(7-11)25-9-17-26-18(30-10-16(24)29)27-28(17)15-8-12(19(21,22)23)5-6-14(15)20/h2-8,25H,9-10H2,1H3,(H2,24,29). The molecular weight excluding hydrogens is 439 g/mol. The number of thioether (sulfide) groups is 1. The van der Waals surface area contributed by atoms with Crippen LogP contribution in [0.3, 0.4) is 0 Å². The first kappa shape index (κ1) is 22.0. The third kappa shape index (κ3) is 5.45. The van der Waals surface area contributed by atoms with Crippen LogP contribution in [0.5, 0.6) is 0 Å². The Kier molecular flexibility index (Phi) is 6.57. The van der Waals surface area contributed by atoms with E-state index >= 15 is 0 Å². The van der Waals surface area contributed by atoms with Crippen molar-refractivity contribution in [1.29, 1.82) is 0 Å². The van der Waals surface area contributed by atoms with Crippen molar-refractivity contribution < 1.29 is 18.0 Å². The van der Waals surface area contributed by atoms with E-state index in [0.29, 0.717) is 5.82 Å². The van der Waals surface area contributed by atoms with Crippen LogP contribution in [-0.4, -0.2) is 26.4 Å². The van der Waals surface area contributed by atoms with Crippen molar-refractivity contribution in [3.8, 4) is 5.69 Å². The molecule has 0 atom stereocenters. The molecule has 158 valence electrons. The van der Waals surface area contributed by atoms with Crippen LogP contribution in [0.25, 0.3) is 5.69 Å². The van der Waals surface area contributed by atoms with E-state index in [2.05, 4.69) is 15.4 Å². The monoisotopic (exact) mass is 455 g/mol. The van der Waals surface area contributed by atoms with Crippen LogP contribution >= 0.6 is 23.4 Å². The predicted octanol–water partition coefficient (Wildman–Crippen LogP) is 4.44. The summed E-state index contributed by atoms with van der Waals surface area (Å²) in [4.78, 5) is 15.4. The fraction of sp³-hybridized carbons (Fsp3) is 0.211. The summed E-state index contributed by atoms with van der Waals surface area (Å²) in [7, 11) is 0. The number of primary amides is 1. The molecule has 6 nitrogen and oxygen atoms in total. The molecule has 1 heterocycles. The fourth-order valence-corrected chi connectivity index (χ4v) is 3.39. The number of carbonyl (C=O) groups is 1. The number of nitrogens with two attached hydrogens (primary N) is 1. The van der Waals surface area contributed by atoms with Gasteiger partial charge in [0.1, 0.15) is 0 Å². The maximum Gasteiger partial charge on any atom is 0.416 e. The van der Waals surface area contributed by atoms with Gasteiger partial charge in [-0.15, -0.1) is 5.10 Å². The second-order valence-electron chi connectivity index (χ2n) is 6.36. The first-order chi connectivity index (χ1) is 14.1. The molecule has 3 rings (SSSR count). The van der Waals surface area contributed by atoms with Gasteiger partial charge in [-0.25, -0.2) is 9.67 Å². The number of benzene rings is 2. The second kappa shape index (κ2) is 8.97. The lowest BCUT2D eigenvalue weighted by atomic mass is 10.2. The van der Waals surface area contributed by atoms with E-state index in [0.717, 1.165) is 41.2 Å². The molecule has 1 aromatic heterocycles. The number of carbonyl (C=O) groups excluding carboxylic acids is 1. The zero-order chi connectivity index (χ0) is 21.9. The molecule has 0 spiro atoms. The number of hydrogen-bond donors (Lipinski definition) is 2. The quantitative estimate of drug-likeness (QED) is 0.514. The third-order valence-corrected chi connectivity index (χ3v) is 5.15. The maximum atomic E-state index is 13.2. The Balaban J connectivity index is 1.98. The summed E-state index contributed by atoms with van der Waals surface area (Å²) < 4.78 is 40.8. The van der Waals surface area contributed by atoms with Gasteiger partial charge in [0, 0.05) is 5.69 Å². The molecule has 0 fully saturated rings. The highest BCUT2D eigenvalue weighted by atomic mass is 35.5. The molecule has 0 bridgehead atoms. The summed E-state index contributed by atoms with van der Waals surface area (Å²) in [6.07, 6.45) is -4.54. The molecule has 11 heteroatoms. The van der Waals surface area contributed by atoms with Crippen LogP contribution in [0.4, 0.5) is 18.9 Å². The lowest BCUT2D eigenvalue weighted by Crippen LogP contribution is -2.13. The fourth-order valence-electron chi connectivity index (χ4n) is 2.61.